The van der Waals surface area contributed by atoms with E-state index in [1.54, 1.807) is 9.80 Å². The number of fused-ring (bicyclic) bond motifs is 1. The largest absolute Gasteiger partial charge is 0.444 e. The Morgan fingerprint density at radius 1 is 0.976 bits per heavy atom. The van der Waals surface area contributed by atoms with Crippen molar-refractivity contribution in [3.05, 3.63) is 53.9 Å². The fourth-order valence-corrected chi connectivity index (χ4v) is 5.01. The molecule has 1 aliphatic rings. The molecule has 2 amide bonds. The van der Waals surface area contributed by atoms with E-state index in [1.165, 1.54) is 0 Å². The highest BCUT2D eigenvalue weighted by Crippen LogP contribution is 2.34. The molecule has 10 heteroatoms. The molecule has 42 heavy (non-hydrogen) atoms. The molecule has 0 aliphatic carbocycles. The van der Waals surface area contributed by atoms with Crippen LogP contribution in [0.4, 0.5) is 21.1 Å². The molecule has 1 fully saturated rings. The zero-order valence-electron chi connectivity index (χ0n) is 26.5. The van der Waals surface area contributed by atoms with E-state index >= 15 is 0 Å². The first-order valence-corrected chi connectivity index (χ1v) is 14.8. The van der Waals surface area contributed by atoms with E-state index in [-0.39, 0.29) is 24.1 Å². The predicted octanol–water partition coefficient (Wildman–Crippen LogP) is 7.17. The van der Waals surface area contributed by atoms with Gasteiger partial charge in [0.1, 0.15) is 17.0 Å². The third kappa shape index (κ3) is 7.52. The van der Waals surface area contributed by atoms with E-state index in [4.69, 9.17) is 19.6 Å². The van der Waals surface area contributed by atoms with Crippen molar-refractivity contribution in [3.8, 4) is 0 Å². The Morgan fingerprint density at radius 3 is 2.17 bits per heavy atom. The van der Waals surface area contributed by atoms with Gasteiger partial charge in [0, 0.05) is 25.2 Å². The molecular formula is C32H46N6O4. The van der Waals surface area contributed by atoms with Gasteiger partial charge < -0.3 is 19.7 Å². The minimum absolute atomic E-state index is 0.0917. The molecule has 2 aromatic heterocycles. The maximum atomic E-state index is 13.8. The summed E-state index contributed by atoms with van der Waals surface area (Å²) in [6.45, 7) is 18.5. The van der Waals surface area contributed by atoms with Crippen molar-refractivity contribution < 1.29 is 19.1 Å². The maximum Gasteiger partial charge on any atom is 0.415 e. The number of carbonyl (C=O) groups is 2. The molecule has 0 saturated carbocycles. The molecular weight excluding hydrogens is 532 g/mol. The number of anilines is 2. The van der Waals surface area contributed by atoms with Gasteiger partial charge in [0.25, 0.3) is 0 Å². The molecule has 1 aromatic carbocycles. The number of rotatable bonds is 6. The standard InChI is InChI=1S/C32H46N6O4/c1-21(2)26-20-33-28-25(37(30(40)42-32(7,8)9)22(3)23-13-11-10-12-14-23)19-27(35-38(26)28)34-24-15-17-36(18-16-24)29(39)41-31(4,5)6/h10-14,19-22,24H,15-18H2,1-9H3,(H,34,35)/t22-/m0/s1. The number of likely N-dealkylation sites (tertiary alicyclic amines) is 1. The van der Waals surface area contributed by atoms with Crippen LogP contribution in [0.5, 0.6) is 0 Å². The number of hydrogen-bond donors (Lipinski definition) is 1. The topological polar surface area (TPSA) is 101 Å². The number of amides is 2. The number of benzene rings is 1. The van der Waals surface area contributed by atoms with Gasteiger partial charge in [-0.25, -0.2) is 19.1 Å². The summed E-state index contributed by atoms with van der Waals surface area (Å²) >= 11 is 0. The van der Waals surface area contributed by atoms with E-state index < -0.39 is 17.3 Å². The molecule has 10 nitrogen and oxygen atoms in total. The summed E-state index contributed by atoms with van der Waals surface area (Å²) in [4.78, 5) is 34.6. The van der Waals surface area contributed by atoms with Gasteiger partial charge in [-0.3, -0.25) is 4.90 Å². The average Bonchev–Trinajstić information content (AvgIpc) is 3.32. The third-order valence-corrected chi connectivity index (χ3v) is 7.08. The predicted molar refractivity (Wildman–Crippen MR) is 165 cm³/mol. The van der Waals surface area contributed by atoms with Gasteiger partial charge in [-0.1, -0.05) is 44.2 Å². The molecule has 0 unspecified atom stereocenters. The summed E-state index contributed by atoms with van der Waals surface area (Å²) in [6.07, 6.45) is 2.56. The molecule has 228 valence electrons. The SMILES string of the molecule is CC(C)c1cnc2c(N(C(=O)OC(C)(C)C)[C@@H](C)c3ccccc3)cc(NC3CCN(C(=O)OC(C)(C)C)CC3)nn12. The van der Waals surface area contributed by atoms with Gasteiger partial charge in [0.2, 0.25) is 0 Å². The van der Waals surface area contributed by atoms with Crippen LogP contribution < -0.4 is 10.2 Å². The van der Waals surface area contributed by atoms with E-state index in [1.807, 2.05) is 95.6 Å². The minimum atomic E-state index is -0.684. The monoisotopic (exact) mass is 578 g/mol. The highest BCUT2D eigenvalue weighted by atomic mass is 16.6. The number of imidazole rings is 1. The Balaban J connectivity index is 1.70. The first-order chi connectivity index (χ1) is 19.6. The quantitative estimate of drug-likeness (QED) is 0.331. The third-order valence-electron chi connectivity index (χ3n) is 7.08. The molecule has 1 aliphatic heterocycles. The molecule has 0 radical (unpaired) electrons. The van der Waals surface area contributed by atoms with Crippen LogP contribution in [0.25, 0.3) is 5.65 Å². The van der Waals surface area contributed by atoms with Gasteiger partial charge in [0.05, 0.1) is 23.6 Å². The minimum Gasteiger partial charge on any atom is -0.444 e. The molecule has 1 atom stereocenters. The number of ether oxygens (including phenoxy) is 2. The van der Waals surface area contributed by atoms with Gasteiger partial charge >= 0.3 is 12.2 Å². The number of aromatic nitrogens is 3. The number of carbonyl (C=O) groups excluding carboxylic acids is 2. The van der Waals surface area contributed by atoms with Crippen LogP contribution >= 0.6 is 0 Å². The van der Waals surface area contributed by atoms with Gasteiger partial charge in [-0.05, 0) is 72.8 Å². The van der Waals surface area contributed by atoms with Crippen LogP contribution in [-0.4, -0.2) is 62.0 Å². The first kappa shape index (κ1) is 31.1. The molecule has 1 saturated heterocycles. The van der Waals surface area contributed by atoms with Crippen molar-refractivity contribution in [1.29, 1.82) is 0 Å². The molecule has 3 heterocycles. The number of hydrogen-bond acceptors (Lipinski definition) is 7. The summed E-state index contributed by atoms with van der Waals surface area (Å²) in [6, 6.07) is 11.5. The van der Waals surface area contributed by atoms with Crippen LogP contribution in [0.1, 0.15) is 98.4 Å². The van der Waals surface area contributed by atoms with Crippen LogP contribution in [0, 0.1) is 0 Å². The van der Waals surface area contributed by atoms with Gasteiger partial charge in [0.15, 0.2) is 5.65 Å². The summed E-state index contributed by atoms with van der Waals surface area (Å²) in [5.41, 5.74) is 1.88. The van der Waals surface area contributed by atoms with E-state index in [2.05, 4.69) is 19.2 Å². The van der Waals surface area contributed by atoms with Crippen LogP contribution in [0.2, 0.25) is 0 Å². The lowest BCUT2D eigenvalue weighted by Crippen LogP contribution is -2.44. The second-order valence-electron chi connectivity index (χ2n) is 13.3. The summed E-state index contributed by atoms with van der Waals surface area (Å²) in [7, 11) is 0. The normalized spacial score (nSPS) is 15.5. The van der Waals surface area contributed by atoms with Crippen LogP contribution in [0.3, 0.4) is 0 Å². The fraction of sp³-hybridized carbons (Fsp3) is 0.562. The lowest BCUT2D eigenvalue weighted by Gasteiger charge is -2.34. The summed E-state index contributed by atoms with van der Waals surface area (Å²) in [5, 5.41) is 8.50. The Morgan fingerprint density at radius 2 is 1.60 bits per heavy atom. The Hall–Kier alpha value is -3.82. The molecule has 4 rings (SSSR count). The van der Waals surface area contributed by atoms with Crippen molar-refractivity contribution in [2.75, 3.05) is 23.3 Å². The molecule has 0 bridgehead atoms. The zero-order chi connectivity index (χ0) is 30.8. The lowest BCUT2D eigenvalue weighted by molar-refractivity contribution is 0.0210. The van der Waals surface area contributed by atoms with E-state index in [0.29, 0.717) is 30.2 Å². The van der Waals surface area contributed by atoms with Crippen molar-refractivity contribution in [2.45, 2.75) is 104 Å². The van der Waals surface area contributed by atoms with Crippen molar-refractivity contribution in [1.82, 2.24) is 19.5 Å². The van der Waals surface area contributed by atoms with Crippen molar-refractivity contribution in [2.24, 2.45) is 0 Å². The molecule has 0 spiro atoms. The fourth-order valence-electron chi connectivity index (χ4n) is 5.01. The van der Waals surface area contributed by atoms with Crippen LogP contribution in [0.15, 0.2) is 42.6 Å². The molecule has 1 N–H and O–H groups in total. The van der Waals surface area contributed by atoms with Crippen molar-refractivity contribution in [3.63, 3.8) is 0 Å². The average molecular weight is 579 g/mol. The van der Waals surface area contributed by atoms with Crippen molar-refractivity contribution >= 4 is 29.3 Å². The van der Waals surface area contributed by atoms with Gasteiger partial charge in [-0.15, -0.1) is 5.10 Å². The molecule has 3 aromatic rings. The highest BCUT2D eigenvalue weighted by molar-refractivity contribution is 5.94. The van der Waals surface area contributed by atoms with E-state index in [9.17, 15) is 9.59 Å². The van der Waals surface area contributed by atoms with Gasteiger partial charge in [-0.2, -0.15) is 0 Å². The lowest BCUT2D eigenvalue weighted by atomic mass is 10.1. The van der Waals surface area contributed by atoms with E-state index in [0.717, 1.165) is 24.1 Å². The maximum absolute atomic E-state index is 13.8. The van der Waals surface area contributed by atoms with Crippen LogP contribution in [-0.2, 0) is 9.47 Å². The summed E-state index contributed by atoms with van der Waals surface area (Å²) < 4.78 is 13.3. The smallest absolute Gasteiger partial charge is 0.415 e. The second kappa shape index (κ2) is 12.2. The highest BCUT2D eigenvalue weighted by Gasteiger charge is 2.32. The Labute approximate surface area is 249 Å². The summed E-state index contributed by atoms with van der Waals surface area (Å²) in [5.74, 6) is 0.788. The number of piperidine rings is 1. The zero-order valence-corrected chi connectivity index (χ0v) is 26.5. The number of nitrogens with zero attached hydrogens (tertiary/aromatic N) is 5. The Bertz CT molecular complexity index is 1380. The first-order valence-electron chi connectivity index (χ1n) is 14.8. The second-order valence-corrected chi connectivity index (χ2v) is 13.3. The Kier molecular flexibility index (Phi) is 9.03. The number of nitrogens with one attached hydrogen (secondary N) is 1.